The highest BCUT2D eigenvalue weighted by Crippen LogP contribution is 2.20. The average molecular weight is 425 g/mol. The lowest BCUT2D eigenvalue weighted by Crippen LogP contribution is -3.15. The van der Waals surface area contributed by atoms with Crippen molar-refractivity contribution >= 4 is 17.5 Å². The van der Waals surface area contributed by atoms with Crippen molar-refractivity contribution in [1.82, 2.24) is 4.90 Å². The molecule has 1 saturated heterocycles. The number of para-hydroxylation sites is 2. The first-order chi connectivity index (χ1) is 15.0. The molecule has 0 unspecified atom stereocenters. The molecule has 1 fully saturated rings. The normalized spacial score (nSPS) is 14.4. The summed E-state index contributed by atoms with van der Waals surface area (Å²) >= 11 is 0. The molecule has 2 amide bonds. The average Bonchev–Trinajstić information content (AvgIpc) is 2.76. The van der Waals surface area contributed by atoms with E-state index in [-0.39, 0.29) is 11.8 Å². The zero-order valence-electron chi connectivity index (χ0n) is 18.9. The maximum atomic E-state index is 12.7. The molecule has 1 aliphatic heterocycles. The number of anilines is 1. The Balaban J connectivity index is 1.44. The van der Waals surface area contributed by atoms with Crippen LogP contribution in [0.3, 0.4) is 0 Å². The van der Waals surface area contributed by atoms with Crippen LogP contribution in [0.5, 0.6) is 5.75 Å². The van der Waals surface area contributed by atoms with Crippen LogP contribution in [0.25, 0.3) is 0 Å². The van der Waals surface area contributed by atoms with Gasteiger partial charge in [0.05, 0.1) is 32.8 Å². The van der Waals surface area contributed by atoms with E-state index in [0.717, 1.165) is 41.2 Å². The smallest absolute Gasteiger partial charge is 0.279 e. The molecule has 2 aromatic rings. The van der Waals surface area contributed by atoms with Gasteiger partial charge in [-0.2, -0.15) is 0 Å². The molecule has 3 rings (SSSR count). The number of nitrogens with zero attached hydrogens (tertiary/aromatic N) is 1. The summed E-state index contributed by atoms with van der Waals surface area (Å²) < 4.78 is 5.66. The molecule has 2 aromatic carbocycles. The van der Waals surface area contributed by atoms with Gasteiger partial charge in [-0.25, -0.2) is 0 Å². The molecule has 1 aliphatic rings. The van der Waals surface area contributed by atoms with Crippen molar-refractivity contribution in [3.05, 3.63) is 59.2 Å². The number of hydrogen-bond donors (Lipinski definition) is 2. The van der Waals surface area contributed by atoms with E-state index in [1.54, 1.807) is 0 Å². The van der Waals surface area contributed by atoms with Gasteiger partial charge in [0.25, 0.3) is 5.91 Å². The number of carbonyl (C=O) groups excluding carboxylic acids is 2. The highest BCUT2D eigenvalue weighted by molar-refractivity contribution is 5.93. The van der Waals surface area contributed by atoms with Crippen molar-refractivity contribution in [2.24, 2.45) is 0 Å². The van der Waals surface area contributed by atoms with Crippen LogP contribution < -0.4 is 15.0 Å². The van der Waals surface area contributed by atoms with Gasteiger partial charge in [-0.15, -0.1) is 0 Å². The van der Waals surface area contributed by atoms with Gasteiger partial charge < -0.3 is 19.9 Å². The number of nitrogens with one attached hydrogen (secondary N) is 2. The van der Waals surface area contributed by atoms with Gasteiger partial charge in [-0.1, -0.05) is 36.4 Å². The summed E-state index contributed by atoms with van der Waals surface area (Å²) in [4.78, 5) is 28.3. The number of carbonyl (C=O) groups is 2. The number of quaternary nitrogens is 1. The maximum absolute atomic E-state index is 12.7. The molecule has 31 heavy (non-hydrogen) atoms. The number of rotatable bonds is 8. The Morgan fingerprint density at radius 1 is 1.03 bits per heavy atom. The Morgan fingerprint density at radius 3 is 2.39 bits per heavy atom. The minimum absolute atomic E-state index is 0.0275. The molecule has 0 spiro atoms. The van der Waals surface area contributed by atoms with Gasteiger partial charge in [0.15, 0.2) is 6.54 Å². The van der Waals surface area contributed by atoms with Crippen molar-refractivity contribution in [2.75, 3.05) is 44.6 Å². The molecule has 6 nitrogen and oxygen atoms in total. The van der Waals surface area contributed by atoms with Crippen LogP contribution in [-0.4, -0.2) is 56.0 Å². The molecule has 0 saturated carbocycles. The van der Waals surface area contributed by atoms with E-state index in [2.05, 4.69) is 5.32 Å². The Kier molecular flexibility index (Phi) is 8.06. The van der Waals surface area contributed by atoms with Crippen LogP contribution in [0.1, 0.15) is 30.0 Å². The monoisotopic (exact) mass is 424 g/mol. The number of aryl methyl sites for hydroxylation is 3. The van der Waals surface area contributed by atoms with E-state index in [1.165, 1.54) is 4.90 Å². The molecule has 1 heterocycles. The van der Waals surface area contributed by atoms with Gasteiger partial charge in [-0.3, -0.25) is 9.59 Å². The third-order valence-corrected chi connectivity index (χ3v) is 5.86. The molecular formula is C25H34N3O3+. The zero-order chi connectivity index (χ0) is 22.2. The van der Waals surface area contributed by atoms with Gasteiger partial charge >= 0.3 is 0 Å². The van der Waals surface area contributed by atoms with Crippen molar-refractivity contribution in [3.8, 4) is 5.75 Å². The topological polar surface area (TPSA) is 63.1 Å². The van der Waals surface area contributed by atoms with E-state index >= 15 is 0 Å². The number of hydrogen-bond acceptors (Lipinski definition) is 3. The van der Waals surface area contributed by atoms with E-state index < -0.39 is 0 Å². The fourth-order valence-corrected chi connectivity index (χ4v) is 4.08. The van der Waals surface area contributed by atoms with Crippen LogP contribution in [0.2, 0.25) is 0 Å². The summed E-state index contributed by atoms with van der Waals surface area (Å²) in [5.74, 6) is 1.06. The first-order valence-electron chi connectivity index (χ1n) is 11.2. The van der Waals surface area contributed by atoms with Crippen LogP contribution in [0.4, 0.5) is 5.69 Å². The Labute approximate surface area is 185 Å². The van der Waals surface area contributed by atoms with Crippen LogP contribution >= 0.6 is 0 Å². The largest absolute Gasteiger partial charge is 0.494 e. The van der Waals surface area contributed by atoms with Gasteiger partial charge in [0.2, 0.25) is 5.91 Å². The van der Waals surface area contributed by atoms with Crippen molar-refractivity contribution in [3.63, 3.8) is 0 Å². The predicted molar refractivity (Wildman–Crippen MR) is 123 cm³/mol. The maximum Gasteiger partial charge on any atom is 0.279 e. The Morgan fingerprint density at radius 2 is 1.71 bits per heavy atom. The highest BCUT2D eigenvalue weighted by Gasteiger charge is 2.25. The minimum atomic E-state index is 0.0275. The first kappa shape index (κ1) is 22.8. The Bertz CT molecular complexity index is 884. The summed E-state index contributed by atoms with van der Waals surface area (Å²) in [6.45, 7) is 9.99. The summed E-state index contributed by atoms with van der Waals surface area (Å²) in [7, 11) is 0. The number of piperazine rings is 1. The summed E-state index contributed by atoms with van der Waals surface area (Å²) in [6, 6.07) is 13.9. The molecule has 0 radical (unpaired) electrons. The van der Waals surface area contributed by atoms with Crippen LogP contribution in [0, 0.1) is 13.8 Å². The van der Waals surface area contributed by atoms with Crippen molar-refractivity contribution in [2.45, 2.75) is 33.6 Å². The molecule has 0 atom stereocenters. The van der Waals surface area contributed by atoms with Crippen LogP contribution in [-0.2, 0) is 16.0 Å². The number of ether oxygens (including phenoxy) is 1. The minimum Gasteiger partial charge on any atom is -0.494 e. The molecule has 166 valence electrons. The summed E-state index contributed by atoms with van der Waals surface area (Å²) in [5, 5.41) is 3.06. The lowest BCUT2D eigenvalue weighted by molar-refractivity contribution is -0.895. The van der Waals surface area contributed by atoms with Gasteiger partial charge in [0.1, 0.15) is 5.75 Å². The van der Waals surface area contributed by atoms with Crippen LogP contribution in [0.15, 0.2) is 42.5 Å². The second-order valence-electron chi connectivity index (χ2n) is 8.16. The number of amides is 2. The predicted octanol–water partition coefficient (Wildman–Crippen LogP) is 2.00. The molecule has 2 N–H and O–H groups in total. The molecule has 0 bridgehead atoms. The fraction of sp³-hybridized carbons (Fsp3) is 0.440. The SMILES string of the molecule is CCOc1ccccc1CCC(=O)N1CC[NH+](CC(=O)Nc2c(C)cccc2C)CC1. The van der Waals surface area contributed by atoms with Crippen molar-refractivity contribution in [1.29, 1.82) is 0 Å². The van der Waals surface area contributed by atoms with E-state index in [0.29, 0.717) is 39.1 Å². The third kappa shape index (κ3) is 6.31. The standard InChI is InChI=1S/C25H33N3O3/c1-4-31-22-11-6-5-10-21(22)12-13-24(30)28-16-14-27(15-17-28)18-23(29)26-25-19(2)8-7-9-20(25)3/h5-11H,4,12-18H2,1-3H3,(H,26,29)/p+1. The summed E-state index contributed by atoms with van der Waals surface area (Å²) in [6.07, 6.45) is 1.16. The van der Waals surface area contributed by atoms with Gasteiger partial charge in [0, 0.05) is 12.1 Å². The highest BCUT2D eigenvalue weighted by atomic mass is 16.5. The number of benzene rings is 2. The quantitative estimate of drug-likeness (QED) is 0.681. The zero-order valence-corrected chi connectivity index (χ0v) is 18.9. The first-order valence-corrected chi connectivity index (χ1v) is 11.2. The second-order valence-corrected chi connectivity index (χ2v) is 8.16. The third-order valence-electron chi connectivity index (χ3n) is 5.86. The lowest BCUT2D eigenvalue weighted by Gasteiger charge is -2.32. The molecule has 0 aliphatic carbocycles. The van der Waals surface area contributed by atoms with E-state index in [4.69, 9.17) is 4.74 Å². The second kappa shape index (κ2) is 11.0. The lowest BCUT2D eigenvalue weighted by atomic mass is 10.1. The molecular weight excluding hydrogens is 390 g/mol. The fourth-order valence-electron chi connectivity index (χ4n) is 4.08. The van der Waals surface area contributed by atoms with E-state index in [9.17, 15) is 9.59 Å². The Hall–Kier alpha value is -2.86. The summed E-state index contributed by atoms with van der Waals surface area (Å²) in [5.41, 5.74) is 4.13. The van der Waals surface area contributed by atoms with Crippen molar-refractivity contribution < 1.29 is 19.2 Å². The molecule has 6 heteroatoms. The van der Waals surface area contributed by atoms with E-state index in [1.807, 2.05) is 68.1 Å². The van der Waals surface area contributed by atoms with Gasteiger partial charge in [-0.05, 0) is 49.9 Å². The molecule has 0 aromatic heterocycles.